The average Bonchev–Trinajstić information content (AvgIpc) is 3.04. The molecular formula is C19H13F2N5O. The van der Waals surface area contributed by atoms with Gasteiger partial charge in [-0.3, -0.25) is 9.89 Å². The fraction of sp³-hybridized carbons (Fsp3) is 0. The van der Waals surface area contributed by atoms with E-state index in [-0.39, 0.29) is 22.6 Å². The predicted octanol–water partition coefficient (Wildman–Crippen LogP) is 3.25. The molecule has 0 aliphatic heterocycles. The summed E-state index contributed by atoms with van der Waals surface area (Å²) in [6.45, 7) is 0. The van der Waals surface area contributed by atoms with Crippen LogP contribution in [0.4, 0.5) is 14.6 Å². The monoisotopic (exact) mass is 365 g/mol. The van der Waals surface area contributed by atoms with Crippen LogP contribution in [-0.2, 0) is 0 Å². The number of pyridine rings is 1. The van der Waals surface area contributed by atoms with Crippen molar-refractivity contribution in [1.82, 2.24) is 15.2 Å². The molecule has 0 aliphatic rings. The zero-order valence-corrected chi connectivity index (χ0v) is 13.8. The summed E-state index contributed by atoms with van der Waals surface area (Å²) in [4.78, 5) is 16.1. The highest BCUT2D eigenvalue weighted by Gasteiger charge is 2.18. The number of nitrogen functional groups attached to an aromatic ring is 1. The maximum absolute atomic E-state index is 14.1. The molecule has 0 bridgehead atoms. The number of primary amides is 1. The molecule has 8 heteroatoms. The van der Waals surface area contributed by atoms with Crippen molar-refractivity contribution >= 4 is 22.6 Å². The second-order valence-corrected chi connectivity index (χ2v) is 5.95. The van der Waals surface area contributed by atoms with Crippen LogP contribution in [0.5, 0.6) is 0 Å². The molecule has 134 valence electrons. The van der Waals surface area contributed by atoms with Gasteiger partial charge in [0, 0.05) is 16.5 Å². The third kappa shape index (κ3) is 2.86. The average molecular weight is 365 g/mol. The minimum absolute atomic E-state index is 0.00105. The maximum Gasteiger partial charge on any atom is 0.254 e. The summed E-state index contributed by atoms with van der Waals surface area (Å²) in [5.74, 6) is -1.83. The van der Waals surface area contributed by atoms with Crippen LogP contribution in [0.1, 0.15) is 10.4 Å². The Hall–Kier alpha value is -3.81. The van der Waals surface area contributed by atoms with Crippen LogP contribution >= 0.6 is 0 Å². The van der Waals surface area contributed by atoms with E-state index in [9.17, 15) is 13.6 Å². The van der Waals surface area contributed by atoms with Crippen LogP contribution in [0.15, 0.2) is 48.5 Å². The van der Waals surface area contributed by atoms with E-state index in [1.54, 1.807) is 30.3 Å². The Morgan fingerprint density at radius 3 is 2.59 bits per heavy atom. The van der Waals surface area contributed by atoms with Gasteiger partial charge >= 0.3 is 0 Å². The first-order valence-electron chi connectivity index (χ1n) is 7.94. The number of aromatic nitrogens is 3. The van der Waals surface area contributed by atoms with E-state index in [0.29, 0.717) is 16.8 Å². The number of hydrogen-bond acceptors (Lipinski definition) is 4. The van der Waals surface area contributed by atoms with Crippen molar-refractivity contribution in [3.8, 4) is 22.5 Å². The molecule has 4 rings (SSSR count). The van der Waals surface area contributed by atoms with Gasteiger partial charge in [-0.2, -0.15) is 5.10 Å². The molecule has 1 amide bonds. The molecule has 4 aromatic rings. The van der Waals surface area contributed by atoms with Crippen LogP contribution in [0.25, 0.3) is 33.4 Å². The highest BCUT2D eigenvalue weighted by atomic mass is 19.1. The third-order valence-corrected chi connectivity index (χ3v) is 4.23. The van der Waals surface area contributed by atoms with Gasteiger partial charge in [-0.05, 0) is 30.3 Å². The first kappa shape index (κ1) is 16.6. The number of rotatable bonds is 3. The van der Waals surface area contributed by atoms with Gasteiger partial charge in [0.2, 0.25) is 0 Å². The van der Waals surface area contributed by atoms with Gasteiger partial charge in [-0.15, -0.1) is 0 Å². The Balaban J connectivity index is 1.88. The lowest BCUT2D eigenvalue weighted by Crippen LogP contribution is -2.13. The van der Waals surface area contributed by atoms with Crippen LogP contribution in [0.3, 0.4) is 0 Å². The number of nitrogens with zero attached hydrogens (tertiary/aromatic N) is 2. The Labute approximate surface area is 151 Å². The van der Waals surface area contributed by atoms with E-state index in [2.05, 4.69) is 15.2 Å². The molecule has 0 saturated heterocycles. The fourth-order valence-electron chi connectivity index (χ4n) is 2.93. The SMILES string of the molecule is NC(=O)c1c(N)n[nH]c1-c1ccc2ccc(-c3cc(F)ccc3F)nc2c1. The summed E-state index contributed by atoms with van der Waals surface area (Å²) < 4.78 is 27.6. The Morgan fingerprint density at radius 2 is 1.81 bits per heavy atom. The minimum Gasteiger partial charge on any atom is -0.382 e. The summed E-state index contributed by atoms with van der Waals surface area (Å²) in [7, 11) is 0. The Bertz CT molecular complexity index is 1200. The standard InChI is InChI=1S/C19H13F2N5O/c20-11-4-5-13(21)12(8-11)14-6-3-9-1-2-10(7-15(9)24-14)17-16(19(23)27)18(22)26-25-17/h1-8H,(H2,23,27)(H3,22,25,26). The van der Waals surface area contributed by atoms with Gasteiger partial charge in [0.15, 0.2) is 5.82 Å². The van der Waals surface area contributed by atoms with Gasteiger partial charge in [-0.1, -0.05) is 18.2 Å². The number of aromatic amines is 1. The number of benzene rings is 2. The molecule has 6 nitrogen and oxygen atoms in total. The summed E-state index contributed by atoms with van der Waals surface area (Å²) in [6.07, 6.45) is 0. The van der Waals surface area contributed by atoms with Crippen molar-refractivity contribution in [2.75, 3.05) is 5.73 Å². The van der Waals surface area contributed by atoms with E-state index < -0.39 is 17.5 Å². The van der Waals surface area contributed by atoms with Crippen molar-refractivity contribution < 1.29 is 13.6 Å². The molecule has 0 radical (unpaired) electrons. The molecule has 5 N–H and O–H groups in total. The molecule has 0 atom stereocenters. The summed E-state index contributed by atoms with van der Waals surface area (Å²) in [6, 6.07) is 11.8. The lowest BCUT2D eigenvalue weighted by molar-refractivity contribution is 0.100. The van der Waals surface area contributed by atoms with E-state index in [1.807, 2.05) is 0 Å². The second-order valence-electron chi connectivity index (χ2n) is 5.95. The van der Waals surface area contributed by atoms with Gasteiger partial charge in [0.25, 0.3) is 5.91 Å². The lowest BCUT2D eigenvalue weighted by atomic mass is 10.0. The molecule has 0 fully saturated rings. The van der Waals surface area contributed by atoms with E-state index >= 15 is 0 Å². The normalized spacial score (nSPS) is 11.0. The van der Waals surface area contributed by atoms with Crippen LogP contribution < -0.4 is 11.5 Å². The number of halogens is 2. The van der Waals surface area contributed by atoms with E-state index in [4.69, 9.17) is 11.5 Å². The number of anilines is 1. The maximum atomic E-state index is 14.1. The summed E-state index contributed by atoms with van der Waals surface area (Å²) in [5, 5.41) is 7.29. The second kappa shape index (κ2) is 6.17. The topological polar surface area (TPSA) is 111 Å². The molecule has 0 spiro atoms. The van der Waals surface area contributed by atoms with Crippen LogP contribution in [-0.4, -0.2) is 21.1 Å². The van der Waals surface area contributed by atoms with Gasteiger partial charge in [-0.25, -0.2) is 13.8 Å². The first-order valence-corrected chi connectivity index (χ1v) is 7.94. The number of amides is 1. The zero-order chi connectivity index (χ0) is 19.1. The molecule has 2 heterocycles. The Kier molecular flexibility index (Phi) is 3.80. The van der Waals surface area contributed by atoms with Crippen molar-refractivity contribution in [2.24, 2.45) is 5.73 Å². The summed E-state index contributed by atoms with van der Waals surface area (Å²) in [5.41, 5.74) is 13.0. The third-order valence-electron chi connectivity index (χ3n) is 4.23. The number of carbonyl (C=O) groups is 1. The van der Waals surface area contributed by atoms with Crippen LogP contribution in [0.2, 0.25) is 0 Å². The molecule has 0 unspecified atom stereocenters. The number of carbonyl (C=O) groups excluding carboxylic acids is 1. The number of hydrogen-bond donors (Lipinski definition) is 3. The highest BCUT2D eigenvalue weighted by Crippen LogP contribution is 2.29. The quantitative estimate of drug-likeness (QED) is 0.517. The van der Waals surface area contributed by atoms with Gasteiger partial charge in [0.05, 0.1) is 16.9 Å². The molecular weight excluding hydrogens is 352 g/mol. The van der Waals surface area contributed by atoms with Crippen molar-refractivity contribution in [3.63, 3.8) is 0 Å². The van der Waals surface area contributed by atoms with Crippen molar-refractivity contribution in [2.45, 2.75) is 0 Å². The predicted molar refractivity (Wildman–Crippen MR) is 97.6 cm³/mol. The number of nitrogens with two attached hydrogens (primary N) is 2. The smallest absolute Gasteiger partial charge is 0.254 e. The minimum atomic E-state index is -0.708. The molecule has 2 aromatic carbocycles. The zero-order valence-electron chi connectivity index (χ0n) is 13.8. The molecule has 0 saturated carbocycles. The van der Waals surface area contributed by atoms with Gasteiger partial charge in [0.1, 0.15) is 17.2 Å². The van der Waals surface area contributed by atoms with E-state index in [0.717, 1.165) is 23.6 Å². The Morgan fingerprint density at radius 1 is 1.04 bits per heavy atom. The van der Waals surface area contributed by atoms with Crippen molar-refractivity contribution in [3.05, 3.63) is 65.7 Å². The summed E-state index contributed by atoms with van der Waals surface area (Å²) >= 11 is 0. The first-order chi connectivity index (χ1) is 12.9. The number of nitrogens with one attached hydrogen (secondary N) is 1. The largest absolute Gasteiger partial charge is 0.382 e. The van der Waals surface area contributed by atoms with Crippen LogP contribution in [0, 0.1) is 11.6 Å². The highest BCUT2D eigenvalue weighted by molar-refractivity contribution is 6.03. The molecule has 27 heavy (non-hydrogen) atoms. The van der Waals surface area contributed by atoms with E-state index in [1.165, 1.54) is 0 Å². The van der Waals surface area contributed by atoms with Crippen molar-refractivity contribution in [1.29, 1.82) is 0 Å². The molecule has 0 aliphatic carbocycles. The molecule has 2 aromatic heterocycles. The number of H-pyrrole nitrogens is 1. The lowest BCUT2D eigenvalue weighted by Gasteiger charge is -2.07. The fourth-order valence-corrected chi connectivity index (χ4v) is 2.93. The van der Waals surface area contributed by atoms with Gasteiger partial charge < -0.3 is 11.5 Å². The number of fused-ring (bicyclic) bond motifs is 1.